The number of pyridine rings is 2. The lowest BCUT2D eigenvalue weighted by molar-refractivity contribution is 1.17. The summed E-state index contributed by atoms with van der Waals surface area (Å²) in [5.74, 6) is 0. The molecule has 4 aromatic heterocycles. The first-order valence-corrected chi connectivity index (χ1v) is 11.5. The highest BCUT2D eigenvalue weighted by molar-refractivity contribution is 5.83. The monoisotopic (exact) mass is 464 g/mol. The molecule has 6 aromatic rings. The number of nitriles is 2. The Kier molecular flexibility index (Phi) is 4.88. The molecule has 0 aliphatic rings. The molecule has 0 unspecified atom stereocenters. The number of hydrogen-bond donors (Lipinski definition) is 0. The third kappa shape index (κ3) is 3.41. The molecule has 0 bridgehead atoms. The minimum absolute atomic E-state index is 0.597. The molecule has 0 saturated carbocycles. The lowest BCUT2D eigenvalue weighted by Gasteiger charge is -2.14. The van der Waals surface area contributed by atoms with Gasteiger partial charge in [-0.25, -0.2) is 9.97 Å². The van der Waals surface area contributed by atoms with Gasteiger partial charge in [0, 0.05) is 35.9 Å². The van der Waals surface area contributed by atoms with E-state index in [2.05, 4.69) is 62.4 Å². The molecule has 0 amide bonds. The second kappa shape index (κ2) is 8.23. The van der Waals surface area contributed by atoms with Crippen molar-refractivity contribution < 1.29 is 0 Å². The maximum absolute atomic E-state index is 9.22. The largest absolute Gasteiger partial charge is 0.305 e. The second-order valence-corrected chi connectivity index (χ2v) is 8.80. The Hall–Kier alpha value is -5.20. The fourth-order valence-electron chi connectivity index (χ4n) is 4.79. The fraction of sp³-hybridized carbons (Fsp3) is 0.0667. The third-order valence-corrected chi connectivity index (χ3v) is 6.67. The normalized spacial score (nSPS) is 11.0. The van der Waals surface area contributed by atoms with E-state index in [9.17, 15) is 10.5 Å². The molecule has 36 heavy (non-hydrogen) atoms. The highest BCUT2D eigenvalue weighted by Gasteiger charge is 2.16. The first kappa shape index (κ1) is 21.3. The third-order valence-electron chi connectivity index (χ3n) is 6.67. The van der Waals surface area contributed by atoms with Crippen LogP contribution in [0.2, 0.25) is 0 Å². The van der Waals surface area contributed by atoms with E-state index in [1.165, 1.54) is 0 Å². The van der Waals surface area contributed by atoms with Crippen LogP contribution >= 0.6 is 0 Å². The van der Waals surface area contributed by atoms with Gasteiger partial charge in [0.25, 0.3) is 0 Å². The van der Waals surface area contributed by atoms with Crippen molar-refractivity contribution in [3.05, 3.63) is 108 Å². The summed E-state index contributed by atoms with van der Waals surface area (Å²) in [6.07, 6.45) is 7.54. The molecule has 6 rings (SSSR count). The van der Waals surface area contributed by atoms with Crippen LogP contribution in [0.1, 0.15) is 22.3 Å². The number of fused-ring (bicyclic) bond motifs is 2. The van der Waals surface area contributed by atoms with Crippen LogP contribution in [0.4, 0.5) is 0 Å². The molecule has 170 valence electrons. The number of rotatable bonds is 3. The zero-order valence-electron chi connectivity index (χ0n) is 19.8. The van der Waals surface area contributed by atoms with Gasteiger partial charge in [-0.2, -0.15) is 10.5 Å². The average Bonchev–Trinajstić information content (AvgIpc) is 3.52. The lowest BCUT2D eigenvalue weighted by Crippen LogP contribution is -1.93. The molecule has 0 saturated heterocycles. The highest BCUT2D eigenvalue weighted by Crippen LogP contribution is 2.36. The van der Waals surface area contributed by atoms with Gasteiger partial charge in [0.1, 0.15) is 23.4 Å². The van der Waals surface area contributed by atoms with Crippen molar-refractivity contribution >= 4 is 11.3 Å². The Labute approximate surface area is 208 Å². The maximum atomic E-state index is 9.22. The van der Waals surface area contributed by atoms with Crippen LogP contribution in [-0.4, -0.2) is 18.8 Å². The van der Waals surface area contributed by atoms with Gasteiger partial charge in [-0.3, -0.25) is 0 Å². The van der Waals surface area contributed by atoms with Gasteiger partial charge in [-0.1, -0.05) is 36.4 Å². The standard InChI is InChI=1S/C30H20N6/c1-19-23(5-3-7-25(19)27-17-35-15-21(13-31)9-11-29(35)33-27)24-6-4-8-26(20(24)2)28-18-36-16-22(14-32)10-12-30(36)34-28/h3-12,15-18H,1-2H3. The smallest absolute Gasteiger partial charge is 0.137 e. The van der Waals surface area contributed by atoms with Crippen molar-refractivity contribution in [2.75, 3.05) is 0 Å². The minimum Gasteiger partial charge on any atom is -0.305 e. The molecule has 4 heterocycles. The number of benzene rings is 2. The molecular formula is C30H20N6. The summed E-state index contributed by atoms with van der Waals surface area (Å²) in [7, 11) is 0. The lowest BCUT2D eigenvalue weighted by atomic mass is 9.90. The number of hydrogen-bond acceptors (Lipinski definition) is 4. The van der Waals surface area contributed by atoms with Gasteiger partial charge in [0.15, 0.2) is 0 Å². The SMILES string of the molecule is Cc1c(-c2cn3cc(C#N)ccc3n2)cccc1-c1cccc(-c2cn3cc(C#N)ccc3n2)c1C. The van der Waals surface area contributed by atoms with Gasteiger partial charge in [0.2, 0.25) is 0 Å². The number of nitrogens with zero attached hydrogens (tertiary/aromatic N) is 6. The van der Waals surface area contributed by atoms with Crippen LogP contribution in [0.15, 0.2) is 85.5 Å². The summed E-state index contributed by atoms with van der Waals surface area (Å²) < 4.78 is 3.79. The van der Waals surface area contributed by atoms with Gasteiger partial charge in [-0.15, -0.1) is 0 Å². The van der Waals surface area contributed by atoms with E-state index >= 15 is 0 Å². The molecule has 0 radical (unpaired) electrons. The zero-order valence-corrected chi connectivity index (χ0v) is 19.8. The Bertz CT molecular complexity index is 1750. The molecule has 0 fully saturated rings. The quantitative estimate of drug-likeness (QED) is 0.306. The van der Waals surface area contributed by atoms with Gasteiger partial charge in [-0.05, 0) is 60.4 Å². The molecule has 0 N–H and O–H groups in total. The molecule has 0 aliphatic carbocycles. The van der Waals surface area contributed by atoms with Crippen LogP contribution in [0.3, 0.4) is 0 Å². The second-order valence-electron chi connectivity index (χ2n) is 8.80. The van der Waals surface area contributed by atoms with E-state index < -0.39 is 0 Å². The Morgan fingerprint density at radius 3 is 1.39 bits per heavy atom. The van der Waals surface area contributed by atoms with Crippen molar-refractivity contribution in [1.82, 2.24) is 18.8 Å². The highest BCUT2D eigenvalue weighted by atomic mass is 15.0. The van der Waals surface area contributed by atoms with Crippen molar-refractivity contribution in [2.45, 2.75) is 13.8 Å². The Morgan fingerprint density at radius 2 is 0.972 bits per heavy atom. The topological polar surface area (TPSA) is 82.2 Å². The van der Waals surface area contributed by atoms with Crippen molar-refractivity contribution in [2.24, 2.45) is 0 Å². The first-order chi connectivity index (χ1) is 17.6. The van der Waals surface area contributed by atoms with Crippen molar-refractivity contribution in [3.8, 4) is 45.8 Å². The van der Waals surface area contributed by atoms with E-state index in [0.29, 0.717) is 11.1 Å². The average molecular weight is 465 g/mol. The summed E-state index contributed by atoms with van der Waals surface area (Å²) in [4.78, 5) is 9.60. The van der Waals surface area contributed by atoms with Crippen molar-refractivity contribution in [1.29, 1.82) is 10.5 Å². The molecule has 6 heteroatoms. The summed E-state index contributed by atoms with van der Waals surface area (Å²) in [5.41, 5.74) is 11.2. The van der Waals surface area contributed by atoms with E-state index in [4.69, 9.17) is 9.97 Å². The summed E-state index contributed by atoms with van der Waals surface area (Å²) in [5, 5.41) is 18.4. The summed E-state index contributed by atoms with van der Waals surface area (Å²) in [6.45, 7) is 4.24. The Balaban J connectivity index is 1.46. The van der Waals surface area contributed by atoms with Crippen LogP contribution < -0.4 is 0 Å². The van der Waals surface area contributed by atoms with E-state index in [1.807, 2.05) is 33.3 Å². The summed E-state index contributed by atoms with van der Waals surface area (Å²) >= 11 is 0. The predicted octanol–water partition coefficient (Wildman–Crippen LogP) is 6.34. The maximum Gasteiger partial charge on any atom is 0.137 e. The predicted molar refractivity (Wildman–Crippen MR) is 139 cm³/mol. The number of aromatic nitrogens is 4. The Morgan fingerprint density at radius 1 is 0.556 bits per heavy atom. The van der Waals surface area contributed by atoms with E-state index in [1.54, 1.807) is 24.5 Å². The molecule has 6 nitrogen and oxygen atoms in total. The zero-order chi connectivity index (χ0) is 24.8. The van der Waals surface area contributed by atoms with Crippen LogP contribution in [0.25, 0.3) is 44.9 Å². The van der Waals surface area contributed by atoms with Gasteiger partial charge < -0.3 is 8.80 Å². The number of imidazole rings is 2. The molecular weight excluding hydrogens is 444 g/mol. The van der Waals surface area contributed by atoms with E-state index in [0.717, 1.165) is 56.1 Å². The van der Waals surface area contributed by atoms with Crippen LogP contribution in [0, 0.1) is 36.5 Å². The molecule has 2 aromatic carbocycles. The van der Waals surface area contributed by atoms with Crippen LogP contribution in [0.5, 0.6) is 0 Å². The minimum atomic E-state index is 0.597. The van der Waals surface area contributed by atoms with Crippen LogP contribution in [-0.2, 0) is 0 Å². The van der Waals surface area contributed by atoms with Gasteiger partial charge >= 0.3 is 0 Å². The fourth-order valence-corrected chi connectivity index (χ4v) is 4.79. The summed E-state index contributed by atoms with van der Waals surface area (Å²) in [6, 6.07) is 24.2. The molecule has 0 aliphatic heterocycles. The first-order valence-electron chi connectivity index (χ1n) is 11.5. The van der Waals surface area contributed by atoms with E-state index in [-0.39, 0.29) is 0 Å². The van der Waals surface area contributed by atoms with Crippen molar-refractivity contribution in [3.63, 3.8) is 0 Å². The molecule has 0 atom stereocenters. The van der Waals surface area contributed by atoms with Gasteiger partial charge in [0.05, 0.1) is 22.5 Å². The molecule has 0 spiro atoms.